The van der Waals surface area contributed by atoms with Gasteiger partial charge in [0.15, 0.2) is 9.84 Å². The highest BCUT2D eigenvalue weighted by molar-refractivity contribution is 7.91. The lowest BCUT2D eigenvalue weighted by Crippen LogP contribution is -2.33. The topological polar surface area (TPSA) is 83.1 Å². The maximum atomic E-state index is 12.4. The molecule has 1 atom stereocenters. The van der Waals surface area contributed by atoms with Crippen LogP contribution in [-0.4, -0.2) is 48.3 Å². The number of nitrogens with zero attached hydrogens (tertiary/aromatic N) is 2. The predicted octanol–water partition coefficient (Wildman–Crippen LogP) is 1.47. The number of thiophene rings is 1. The fraction of sp³-hybridized carbons (Fsp3) is 0.385. The van der Waals surface area contributed by atoms with Gasteiger partial charge in [0.25, 0.3) is 5.91 Å². The summed E-state index contributed by atoms with van der Waals surface area (Å²) in [6, 6.07) is 3.70. The zero-order valence-corrected chi connectivity index (χ0v) is 12.9. The minimum absolute atomic E-state index is 0.000835. The van der Waals surface area contributed by atoms with Gasteiger partial charge in [0.2, 0.25) is 0 Å². The number of carbonyl (C=O) groups excluding carboxylic acids is 1. The summed E-state index contributed by atoms with van der Waals surface area (Å²) in [7, 11) is -3.23. The molecule has 6 nitrogen and oxygen atoms in total. The van der Waals surface area contributed by atoms with Crippen molar-refractivity contribution in [2.24, 2.45) is 0 Å². The largest absolute Gasteiger partial charge is 0.337 e. The molecule has 1 fully saturated rings. The number of sulfone groups is 1. The molecule has 2 aromatic rings. The molecule has 1 N–H and O–H groups in total. The highest BCUT2D eigenvalue weighted by Gasteiger charge is 2.33. The smallest absolute Gasteiger partial charge is 0.257 e. The number of amides is 1. The number of hydrogen-bond acceptors (Lipinski definition) is 5. The van der Waals surface area contributed by atoms with E-state index >= 15 is 0 Å². The maximum Gasteiger partial charge on any atom is 0.257 e. The van der Waals surface area contributed by atoms with Crippen molar-refractivity contribution in [2.75, 3.05) is 18.8 Å². The average Bonchev–Trinajstić information content (AvgIpc) is 3.12. The molecule has 1 aliphatic heterocycles. The summed E-state index contributed by atoms with van der Waals surface area (Å²) in [4.78, 5) is 14.7. The Bertz CT molecular complexity index is 708. The van der Waals surface area contributed by atoms with E-state index < -0.39 is 15.1 Å². The van der Waals surface area contributed by atoms with Gasteiger partial charge in [-0.15, -0.1) is 11.3 Å². The molecule has 21 heavy (non-hydrogen) atoms. The van der Waals surface area contributed by atoms with E-state index in [2.05, 4.69) is 10.2 Å². The van der Waals surface area contributed by atoms with E-state index in [1.807, 2.05) is 17.5 Å². The van der Waals surface area contributed by atoms with Crippen molar-refractivity contribution in [1.29, 1.82) is 0 Å². The third kappa shape index (κ3) is 2.86. The van der Waals surface area contributed by atoms with Crippen LogP contribution in [0.3, 0.4) is 0 Å². The third-order valence-corrected chi connectivity index (χ3v) is 6.88. The summed E-state index contributed by atoms with van der Waals surface area (Å²) >= 11 is 1.45. The van der Waals surface area contributed by atoms with Crippen LogP contribution in [0.4, 0.5) is 0 Å². The third-order valence-electron chi connectivity index (χ3n) is 3.63. The number of nitrogens with one attached hydrogen (secondary N) is 1. The zero-order valence-electron chi connectivity index (χ0n) is 11.2. The quantitative estimate of drug-likeness (QED) is 0.906. The molecule has 112 valence electrons. The number of carbonyl (C=O) groups is 1. The van der Waals surface area contributed by atoms with Gasteiger partial charge in [0.1, 0.15) is 0 Å². The van der Waals surface area contributed by atoms with Crippen LogP contribution in [0.25, 0.3) is 0 Å². The molecule has 0 radical (unpaired) electrons. The molecule has 0 aliphatic carbocycles. The molecule has 2 aromatic heterocycles. The SMILES string of the molecule is O=C(c1cn[nH]c1)N1CC[C@@H](c2cccs2)S(=O)(=O)CC1. The van der Waals surface area contributed by atoms with Crippen LogP contribution < -0.4 is 0 Å². The zero-order chi connectivity index (χ0) is 14.9. The Labute approximate surface area is 126 Å². The van der Waals surface area contributed by atoms with E-state index in [-0.39, 0.29) is 18.2 Å². The summed E-state index contributed by atoms with van der Waals surface area (Å²) < 4.78 is 24.8. The van der Waals surface area contributed by atoms with Gasteiger partial charge < -0.3 is 4.90 Å². The lowest BCUT2D eigenvalue weighted by molar-refractivity contribution is 0.0766. The van der Waals surface area contributed by atoms with Crippen molar-refractivity contribution in [1.82, 2.24) is 15.1 Å². The number of aromatic nitrogens is 2. The van der Waals surface area contributed by atoms with Crippen LogP contribution in [0.5, 0.6) is 0 Å². The van der Waals surface area contributed by atoms with Crippen LogP contribution in [0, 0.1) is 0 Å². The van der Waals surface area contributed by atoms with Crippen LogP contribution in [0.1, 0.15) is 26.9 Å². The highest BCUT2D eigenvalue weighted by atomic mass is 32.2. The first-order chi connectivity index (χ1) is 10.1. The minimum atomic E-state index is -3.23. The molecular weight excluding hydrogens is 310 g/mol. The number of H-pyrrole nitrogens is 1. The van der Waals surface area contributed by atoms with Crippen molar-refractivity contribution >= 4 is 27.1 Å². The van der Waals surface area contributed by atoms with Gasteiger partial charge in [-0.3, -0.25) is 9.89 Å². The molecule has 3 heterocycles. The number of rotatable bonds is 2. The first-order valence-electron chi connectivity index (χ1n) is 6.61. The Balaban J connectivity index is 1.81. The summed E-state index contributed by atoms with van der Waals surface area (Å²) in [5.74, 6) is -0.176. The van der Waals surface area contributed by atoms with Crippen LogP contribution in [0.2, 0.25) is 0 Å². The van der Waals surface area contributed by atoms with Gasteiger partial charge in [-0.25, -0.2) is 8.42 Å². The monoisotopic (exact) mass is 325 g/mol. The Hall–Kier alpha value is -1.67. The van der Waals surface area contributed by atoms with Gasteiger partial charge in [-0.1, -0.05) is 6.07 Å². The normalized spacial score (nSPS) is 21.9. The minimum Gasteiger partial charge on any atom is -0.337 e. The molecule has 0 bridgehead atoms. The van der Waals surface area contributed by atoms with Gasteiger partial charge in [0.05, 0.1) is 22.8 Å². The van der Waals surface area contributed by atoms with E-state index in [0.29, 0.717) is 18.5 Å². The summed E-state index contributed by atoms with van der Waals surface area (Å²) in [5.41, 5.74) is 0.460. The van der Waals surface area contributed by atoms with E-state index in [9.17, 15) is 13.2 Å². The second kappa shape index (κ2) is 5.61. The average molecular weight is 325 g/mol. The molecule has 8 heteroatoms. The molecule has 1 aliphatic rings. The van der Waals surface area contributed by atoms with E-state index in [1.54, 1.807) is 4.90 Å². The Morgan fingerprint density at radius 3 is 2.95 bits per heavy atom. The van der Waals surface area contributed by atoms with Crippen molar-refractivity contribution in [3.8, 4) is 0 Å². The molecular formula is C13H15N3O3S2. The molecule has 0 spiro atoms. The number of aromatic amines is 1. The van der Waals surface area contributed by atoms with E-state index in [0.717, 1.165) is 4.88 Å². The van der Waals surface area contributed by atoms with Gasteiger partial charge in [0, 0.05) is 24.2 Å². The number of hydrogen-bond donors (Lipinski definition) is 1. The second-order valence-corrected chi connectivity index (χ2v) is 8.22. The van der Waals surface area contributed by atoms with Crippen molar-refractivity contribution in [3.63, 3.8) is 0 Å². The fourth-order valence-electron chi connectivity index (χ4n) is 2.49. The summed E-state index contributed by atoms with van der Waals surface area (Å²) in [5, 5.41) is 7.73. The summed E-state index contributed by atoms with van der Waals surface area (Å²) in [6.45, 7) is 0.667. The van der Waals surface area contributed by atoms with Gasteiger partial charge >= 0.3 is 0 Å². The molecule has 0 saturated carbocycles. The molecule has 1 amide bonds. The van der Waals surface area contributed by atoms with Gasteiger partial charge in [-0.2, -0.15) is 5.10 Å². The molecule has 0 aromatic carbocycles. The maximum absolute atomic E-state index is 12.4. The molecule has 0 unspecified atom stereocenters. The lowest BCUT2D eigenvalue weighted by atomic mass is 10.2. The van der Waals surface area contributed by atoms with Crippen molar-refractivity contribution < 1.29 is 13.2 Å². The first kappa shape index (κ1) is 14.3. The molecule has 1 saturated heterocycles. The fourth-order valence-corrected chi connectivity index (χ4v) is 5.50. The van der Waals surface area contributed by atoms with Crippen LogP contribution >= 0.6 is 11.3 Å². The van der Waals surface area contributed by atoms with Crippen LogP contribution in [-0.2, 0) is 9.84 Å². The van der Waals surface area contributed by atoms with Crippen molar-refractivity contribution in [3.05, 3.63) is 40.3 Å². The molecule has 3 rings (SSSR count). The van der Waals surface area contributed by atoms with E-state index in [4.69, 9.17) is 0 Å². The Kier molecular flexibility index (Phi) is 3.81. The summed E-state index contributed by atoms with van der Waals surface area (Å²) in [6.07, 6.45) is 3.42. The predicted molar refractivity (Wildman–Crippen MR) is 80.0 cm³/mol. The van der Waals surface area contributed by atoms with E-state index in [1.165, 1.54) is 23.7 Å². The standard InChI is InChI=1S/C13H15N3O3S2/c17-13(10-8-14-15-9-10)16-4-3-12(11-2-1-6-20-11)21(18,19)7-5-16/h1-2,6,8-9,12H,3-5,7H2,(H,14,15)/t12-/m0/s1. The van der Waals surface area contributed by atoms with Gasteiger partial charge in [-0.05, 0) is 17.9 Å². The lowest BCUT2D eigenvalue weighted by Gasteiger charge is -2.18. The van der Waals surface area contributed by atoms with Crippen LogP contribution in [0.15, 0.2) is 29.9 Å². The first-order valence-corrected chi connectivity index (χ1v) is 9.20. The highest BCUT2D eigenvalue weighted by Crippen LogP contribution is 2.32. The van der Waals surface area contributed by atoms with Crippen molar-refractivity contribution in [2.45, 2.75) is 11.7 Å². The Morgan fingerprint density at radius 1 is 1.43 bits per heavy atom. The second-order valence-electron chi connectivity index (χ2n) is 4.94. The Morgan fingerprint density at radius 2 is 2.29 bits per heavy atom.